The van der Waals surface area contributed by atoms with Gasteiger partial charge in [0.25, 0.3) is 5.91 Å². The van der Waals surface area contributed by atoms with Crippen LogP contribution in [0.3, 0.4) is 0 Å². The molecule has 0 radical (unpaired) electrons. The molecule has 0 saturated carbocycles. The van der Waals surface area contributed by atoms with Crippen LogP contribution in [0.25, 0.3) is 10.8 Å². The Hall–Kier alpha value is -2.11. The molecule has 0 heterocycles. The summed E-state index contributed by atoms with van der Waals surface area (Å²) in [4.78, 5) is 23.0. The highest BCUT2D eigenvalue weighted by molar-refractivity contribution is 6.35. The number of rotatable bonds is 4. The van der Waals surface area contributed by atoms with E-state index in [0.29, 0.717) is 5.39 Å². The van der Waals surface area contributed by atoms with Gasteiger partial charge >= 0.3 is 5.97 Å². The Morgan fingerprint density at radius 2 is 1.90 bits per heavy atom. The van der Waals surface area contributed by atoms with Crippen LogP contribution in [0.15, 0.2) is 36.4 Å². The first kappa shape index (κ1) is 14.3. The fourth-order valence-corrected chi connectivity index (χ4v) is 2.14. The molecular weight excluding hydrogens is 282 g/mol. The second-order valence-corrected chi connectivity index (χ2v) is 4.60. The first-order valence-electron chi connectivity index (χ1n) is 5.86. The number of hydrogen-bond acceptors (Lipinski definition) is 3. The molecule has 0 fully saturated rings. The predicted molar refractivity (Wildman–Crippen MR) is 74.9 cm³/mol. The van der Waals surface area contributed by atoms with Gasteiger partial charge in [0.15, 0.2) is 6.04 Å². The molecule has 104 valence electrons. The number of carbonyl (C=O) groups excluding carboxylic acids is 1. The summed E-state index contributed by atoms with van der Waals surface area (Å²) in [5.41, 5.74) is 0.199. The zero-order valence-corrected chi connectivity index (χ0v) is 11.1. The second-order valence-electron chi connectivity index (χ2n) is 4.19. The number of fused-ring (bicyclic) bond motifs is 1. The van der Waals surface area contributed by atoms with E-state index in [2.05, 4.69) is 5.32 Å². The Bertz CT molecular complexity index is 671. The first-order valence-corrected chi connectivity index (χ1v) is 6.24. The fourth-order valence-electron chi connectivity index (χ4n) is 1.89. The van der Waals surface area contributed by atoms with Gasteiger partial charge < -0.3 is 15.5 Å². The van der Waals surface area contributed by atoms with Gasteiger partial charge in [0.1, 0.15) is 0 Å². The van der Waals surface area contributed by atoms with Crippen molar-refractivity contribution in [1.82, 2.24) is 5.32 Å². The lowest BCUT2D eigenvalue weighted by Crippen LogP contribution is -2.43. The number of carboxylic acids is 1. The van der Waals surface area contributed by atoms with E-state index in [1.807, 2.05) is 12.1 Å². The summed E-state index contributed by atoms with van der Waals surface area (Å²) < 4.78 is 0. The molecule has 0 saturated heterocycles. The van der Waals surface area contributed by atoms with E-state index in [1.165, 1.54) is 0 Å². The van der Waals surface area contributed by atoms with E-state index < -0.39 is 24.5 Å². The molecule has 1 atom stereocenters. The number of nitrogens with one attached hydrogen (secondary N) is 1. The Morgan fingerprint density at radius 3 is 2.55 bits per heavy atom. The third-order valence-corrected chi connectivity index (χ3v) is 3.21. The molecule has 2 aromatic carbocycles. The average Bonchev–Trinajstić information content (AvgIpc) is 2.44. The van der Waals surface area contributed by atoms with Crippen LogP contribution in [0.2, 0.25) is 5.02 Å². The quantitative estimate of drug-likeness (QED) is 0.800. The van der Waals surface area contributed by atoms with Crippen LogP contribution in [-0.4, -0.2) is 34.7 Å². The Balaban J connectivity index is 2.44. The summed E-state index contributed by atoms with van der Waals surface area (Å²) in [7, 11) is 0. The molecule has 0 unspecified atom stereocenters. The molecule has 0 aliphatic carbocycles. The summed E-state index contributed by atoms with van der Waals surface area (Å²) in [5.74, 6) is -1.94. The number of carboxylic acid groups (broad SMARTS) is 1. The van der Waals surface area contributed by atoms with Crippen LogP contribution in [0.4, 0.5) is 0 Å². The molecule has 20 heavy (non-hydrogen) atoms. The van der Waals surface area contributed by atoms with Crippen LogP contribution >= 0.6 is 11.6 Å². The molecule has 0 aliphatic heterocycles. The van der Waals surface area contributed by atoms with Gasteiger partial charge in [-0.2, -0.15) is 0 Å². The molecule has 5 nitrogen and oxygen atoms in total. The van der Waals surface area contributed by atoms with Crippen molar-refractivity contribution >= 4 is 34.2 Å². The van der Waals surface area contributed by atoms with Gasteiger partial charge in [-0.3, -0.25) is 4.79 Å². The Kier molecular flexibility index (Phi) is 4.22. The van der Waals surface area contributed by atoms with Crippen LogP contribution in [0, 0.1) is 0 Å². The van der Waals surface area contributed by atoms with Gasteiger partial charge in [0.05, 0.1) is 17.2 Å². The number of amides is 1. The normalized spacial score (nSPS) is 12.1. The number of hydrogen-bond donors (Lipinski definition) is 3. The van der Waals surface area contributed by atoms with Gasteiger partial charge in [-0.15, -0.1) is 0 Å². The molecule has 3 N–H and O–H groups in total. The van der Waals surface area contributed by atoms with Gasteiger partial charge in [0, 0.05) is 0 Å². The third kappa shape index (κ3) is 2.74. The van der Waals surface area contributed by atoms with Crippen LogP contribution < -0.4 is 5.32 Å². The Morgan fingerprint density at radius 1 is 1.20 bits per heavy atom. The lowest BCUT2D eigenvalue weighted by atomic mass is 10.0. The highest BCUT2D eigenvalue weighted by atomic mass is 35.5. The van der Waals surface area contributed by atoms with Crippen molar-refractivity contribution in [2.45, 2.75) is 6.04 Å². The molecule has 0 bridgehead atoms. The largest absolute Gasteiger partial charge is 0.480 e. The zero-order chi connectivity index (χ0) is 14.7. The van der Waals surface area contributed by atoms with Gasteiger partial charge in [-0.25, -0.2) is 4.79 Å². The predicted octanol–water partition coefficient (Wildman–Crippen LogP) is 1.67. The van der Waals surface area contributed by atoms with Gasteiger partial charge in [-0.05, 0) is 16.8 Å². The average molecular weight is 294 g/mol. The number of benzene rings is 2. The van der Waals surface area contributed by atoms with E-state index in [1.54, 1.807) is 24.3 Å². The molecule has 6 heteroatoms. The molecule has 0 spiro atoms. The highest BCUT2D eigenvalue weighted by Gasteiger charge is 2.22. The summed E-state index contributed by atoms with van der Waals surface area (Å²) in [6.45, 7) is -0.691. The molecule has 2 aromatic rings. The second kappa shape index (κ2) is 5.90. The van der Waals surface area contributed by atoms with Crippen molar-refractivity contribution in [3.8, 4) is 0 Å². The number of aliphatic carboxylic acids is 1. The maximum atomic E-state index is 12.2. The fraction of sp³-hybridized carbons (Fsp3) is 0.143. The molecule has 2 rings (SSSR count). The maximum absolute atomic E-state index is 12.2. The summed E-state index contributed by atoms with van der Waals surface area (Å²) >= 11 is 6.03. The Labute approximate surface area is 119 Å². The molecule has 1 amide bonds. The topological polar surface area (TPSA) is 86.6 Å². The summed E-state index contributed by atoms with van der Waals surface area (Å²) in [6.07, 6.45) is 0. The van der Waals surface area contributed by atoms with E-state index in [4.69, 9.17) is 21.8 Å². The smallest absolute Gasteiger partial charge is 0.328 e. The van der Waals surface area contributed by atoms with Crippen LogP contribution in [0.1, 0.15) is 10.4 Å². The third-order valence-electron chi connectivity index (χ3n) is 2.89. The monoisotopic (exact) mass is 293 g/mol. The minimum absolute atomic E-state index is 0.199. The maximum Gasteiger partial charge on any atom is 0.328 e. The van der Waals surface area contributed by atoms with Crippen LogP contribution in [-0.2, 0) is 4.79 Å². The summed E-state index contributed by atoms with van der Waals surface area (Å²) in [5, 5.41) is 21.7. The lowest BCUT2D eigenvalue weighted by Gasteiger charge is -2.14. The van der Waals surface area contributed by atoms with Crippen LogP contribution in [0.5, 0.6) is 0 Å². The number of aliphatic hydroxyl groups excluding tert-OH is 1. The van der Waals surface area contributed by atoms with Crippen molar-refractivity contribution in [2.24, 2.45) is 0 Å². The van der Waals surface area contributed by atoms with Crippen molar-refractivity contribution in [3.05, 3.63) is 47.0 Å². The van der Waals surface area contributed by atoms with E-state index >= 15 is 0 Å². The molecular formula is C14H12ClNO4. The molecule has 0 aromatic heterocycles. The van der Waals surface area contributed by atoms with Crippen molar-refractivity contribution in [2.75, 3.05) is 6.61 Å². The van der Waals surface area contributed by atoms with Gasteiger partial charge in [0.2, 0.25) is 0 Å². The first-order chi connectivity index (χ1) is 9.54. The number of carbonyl (C=O) groups is 2. The van der Waals surface area contributed by atoms with Gasteiger partial charge in [-0.1, -0.05) is 41.9 Å². The number of halogens is 1. The standard InChI is InChI=1S/C14H12ClNO4/c15-10-6-5-8-3-1-2-4-9(8)12(10)13(18)16-11(7-17)14(19)20/h1-6,11,17H,7H2,(H,16,18)(H,19,20)/t11-/m0/s1. The van der Waals surface area contributed by atoms with Crippen molar-refractivity contribution in [1.29, 1.82) is 0 Å². The highest BCUT2D eigenvalue weighted by Crippen LogP contribution is 2.26. The SMILES string of the molecule is O=C(N[C@@H](CO)C(=O)O)c1c(Cl)ccc2ccccc12. The van der Waals surface area contributed by atoms with E-state index in [-0.39, 0.29) is 10.6 Å². The summed E-state index contributed by atoms with van der Waals surface area (Å²) in [6, 6.07) is 9.12. The minimum Gasteiger partial charge on any atom is -0.480 e. The van der Waals surface area contributed by atoms with Crippen molar-refractivity contribution < 1.29 is 19.8 Å². The van der Waals surface area contributed by atoms with E-state index in [9.17, 15) is 9.59 Å². The van der Waals surface area contributed by atoms with Crippen molar-refractivity contribution in [3.63, 3.8) is 0 Å². The number of aliphatic hydroxyl groups is 1. The minimum atomic E-state index is -1.36. The molecule has 0 aliphatic rings. The zero-order valence-electron chi connectivity index (χ0n) is 10.3. The lowest BCUT2D eigenvalue weighted by molar-refractivity contribution is -0.140. The van der Waals surface area contributed by atoms with E-state index in [0.717, 1.165) is 5.39 Å².